The van der Waals surface area contributed by atoms with Crippen molar-refractivity contribution in [1.29, 1.82) is 0 Å². The molecule has 0 heterocycles. The summed E-state index contributed by atoms with van der Waals surface area (Å²) in [5.74, 6) is -0.103. The third kappa shape index (κ3) is 5.14. The van der Waals surface area contributed by atoms with Crippen molar-refractivity contribution in [3.05, 3.63) is 59.7 Å². The Morgan fingerprint density at radius 2 is 1.52 bits per heavy atom. The highest BCUT2D eigenvalue weighted by Crippen LogP contribution is 2.13. The zero-order chi connectivity index (χ0) is 16.7. The first-order chi connectivity index (χ1) is 11.1. The van der Waals surface area contributed by atoms with Crippen LogP contribution in [0, 0.1) is 13.8 Å². The number of benzene rings is 2. The van der Waals surface area contributed by atoms with Crippen molar-refractivity contribution in [2.24, 2.45) is 15.3 Å². The van der Waals surface area contributed by atoms with E-state index in [-0.39, 0.29) is 11.6 Å². The number of aryl methyl sites for hydroxylation is 2. The van der Waals surface area contributed by atoms with Crippen LogP contribution in [0.2, 0.25) is 0 Å². The molecule has 118 valence electrons. The minimum atomic E-state index is -0.166. The number of carbonyl (C=O) groups is 1. The van der Waals surface area contributed by atoms with Crippen molar-refractivity contribution in [2.75, 3.05) is 5.43 Å². The number of ketones is 1. The second-order valence-corrected chi connectivity index (χ2v) is 5.23. The van der Waals surface area contributed by atoms with Gasteiger partial charge in [0.1, 0.15) is 0 Å². The van der Waals surface area contributed by atoms with Gasteiger partial charge < -0.3 is 0 Å². The lowest BCUT2D eigenvalue weighted by Gasteiger charge is -2.02. The predicted octanol–water partition coefficient (Wildman–Crippen LogP) is 4.79. The number of nitrogens with one attached hydrogen (secondary N) is 1. The molecule has 0 radical (unpaired) electrons. The first-order valence-electron chi connectivity index (χ1n) is 7.50. The quantitative estimate of drug-likeness (QED) is 0.373. The fraction of sp³-hybridized carbons (Fsp3) is 0.222. The van der Waals surface area contributed by atoms with Gasteiger partial charge in [0.05, 0.1) is 11.4 Å². The minimum absolute atomic E-state index is 0.0636. The second-order valence-electron chi connectivity index (χ2n) is 5.23. The molecule has 0 bridgehead atoms. The van der Waals surface area contributed by atoms with Crippen LogP contribution in [0.5, 0.6) is 0 Å². The van der Waals surface area contributed by atoms with Crippen molar-refractivity contribution in [3.8, 4) is 0 Å². The fourth-order valence-corrected chi connectivity index (χ4v) is 1.76. The van der Waals surface area contributed by atoms with Gasteiger partial charge in [-0.2, -0.15) is 0 Å². The lowest BCUT2D eigenvalue weighted by atomic mass is 10.2. The summed E-state index contributed by atoms with van der Waals surface area (Å²) in [4.78, 5) is 11.9. The van der Waals surface area contributed by atoms with Crippen LogP contribution in [0.4, 0.5) is 11.4 Å². The fourth-order valence-electron chi connectivity index (χ4n) is 1.76. The molecule has 2 rings (SSSR count). The summed E-state index contributed by atoms with van der Waals surface area (Å²) < 4.78 is 0. The van der Waals surface area contributed by atoms with Gasteiger partial charge in [0.25, 0.3) is 0 Å². The minimum Gasteiger partial charge on any atom is -0.291 e. The highest BCUT2D eigenvalue weighted by atomic mass is 16.1. The van der Waals surface area contributed by atoms with Gasteiger partial charge in [0.15, 0.2) is 0 Å². The summed E-state index contributed by atoms with van der Waals surface area (Å²) in [7, 11) is 0. The zero-order valence-electron chi connectivity index (χ0n) is 13.6. The molecule has 0 aromatic heterocycles. The molecule has 0 unspecified atom stereocenters. The van der Waals surface area contributed by atoms with Crippen molar-refractivity contribution in [3.63, 3.8) is 0 Å². The van der Waals surface area contributed by atoms with Crippen molar-refractivity contribution in [1.82, 2.24) is 0 Å². The third-order valence-electron chi connectivity index (χ3n) is 3.21. The number of rotatable bonds is 5. The number of amidine groups is 1. The standard InChI is InChI=1S/C18H20N4O/c1-4-17(23)18(21-19-15-9-5-13(2)6-10-15)22-20-16-11-7-14(3)8-12-16/h5-12,19H,4H2,1-3H3/b21-18+,22-20?. The van der Waals surface area contributed by atoms with E-state index < -0.39 is 0 Å². The third-order valence-corrected chi connectivity index (χ3v) is 3.21. The Bertz CT molecular complexity index is 716. The maximum atomic E-state index is 11.9. The Morgan fingerprint density at radius 1 is 0.957 bits per heavy atom. The molecule has 0 saturated heterocycles. The van der Waals surface area contributed by atoms with E-state index >= 15 is 0 Å². The molecule has 1 N–H and O–H groups in total. The van der Waals surface area contributed by atoms with Gasteiger partial charge in [-0.1, -0.05) is 42.3 Å². The number of Topliss-reactive ketones (excluding diaryl/α,β-unsaturated/α-hetero) is 1. The van der Waals surface area contributed by atoms with Gasteiger partial charge >= 0.3 is 0 Å². The molecule has 5 nitrogen and oxygen atoms in total. The topological polar surface area (TPSA) is 66.2 Å². The van der Waals surface area contributed by atoms with Crippen molar-refractivity contribution in [2.45, 2.75) is 27.2 Å². The molecule has 0 spiro atoms. The molecule has 2 aromatic rings. The highest BCUT2D eigenvalue weighted by molar-refractivity contribution is 6.39. The average Bonchev–Trinajstić information content (AvgIpc) is 2.57. The van der Waals surface area contributed by atoms with E-state index in [9.17, 15) is 4.79 Å². The van der Waals surface area contributed by atoms with E-state index in [1.54, 1.807) is 6.92 Å². The SMILES string of the molecule is CCC(=O)/C(N=Nc1ccc(C)cc1)=N\Nc1ccc(C)cc1. The highest BCUT2D eigenvalue weighted by Gasteiger charge is 2.08. The molecule has 0 atom stereocenters. The van der Waals surface area contributed by atoms with Crippen LogP contribution < -0.4 is 5.43 Å². The van der Waals surface area contributed by atoms with E-state index in [1.165, 1.54) is 0 Å². The summed E-state index contributed by atoms with van der Waals surface area (Å²) in [6.07, 6.45) is 0.321. The van der Waals surface area contributed by atoms with Gasteiger partial charge in [-0.15, -0.1) is 15.3 Å². The van der Waals surface area contributed by atoms with Gasteiger partial charge in [0.2, 0.25) is 11.6 Å². The summed E-state index contributed by atoms with van der Waals surface area (Å²) in [5.41, 5.74) is 6.62. The van der Waals surface area contributed by atoms with E-state index in [0.29, 0.717) is 12.1 Å². The lowest BCUT2D eigenvalue weighted by molar-refractivity contribution is -0.112. The Labute approximate surface area is 136 Å². The molecule has 0 aliphatic heterocycles. The number of carbonyl (C=O) groups excluding carboxylic acids is 1. The van der Waals surface area contributed by atoms with Gasteiger partial charge in [-0.25, -0.2) is 0 Å². The Hall–Kier alpha value is -2.82. The van der Waals surface area contributed by atoms with Gasteiger partial charge in [0, 0.05) is 6.42 Å². The van der Waals surface area contributed by atoms with Crippen LogP contribution in [0.15, 0.2) is 63.9 Å². The molecule has 0 saturated carbocycles. The van der Waals surface area contributed by atoms with Crippen molar-refractivity contribution >= 4 is 23.0 Å². The van der Waals surface area contributed by atoms with Crippen LogP contribution >= 0.6 is 0 Å². The largest absolute Gasteiger partial charge is 0.291 e. The monoisotopic (exact) mass is 308 g/mol. The Morgan fingerprint density at radius 3 is 2.09 bits per heavy atom. The molecule has 5 heteroatoms. The molecule has 0 aliphatic rings. The van der Waals surface area contributed by atoms with Crippen LogP contribution in [0.25, 0.3) is 0 Å². The Kier molecular flexibility index (Phi) is 5.74. The lowest BCUT2D eigenvalue weighted by Crippen LogP contribution is -2.11. The van der Waals surface area contributed by atoms with E-state index in [0.717, 1.165) is 16.8 Å². The number of anilines is 1. The summed E-state index contributed by atoms with van der Waals surface area (Å²) >= 11 is 0. The predicted molar refractivity (Wildman–Crippen MR) is 93.2 cm³/mol. The van der Waals surface area contributed by atoms with E-state index in [4.69, 9.17) is 0 Å². The van der Waals surface area contributed by atoms with Crippen LogP contribution in [0.3, 0.4) is 0 Å². The van der Waals surface area contributed by atoms with Crippen LogP contribution in [-0.4, -0.2) is 11.6 Å². The number of azo groups is 1. The van der Waals surface area contributed by atoms with Gasteiger partial charge in [-0.3, -0.25) is 10.2 Å². The first-order valence-corrected chi connectivity index (χ1v) is 7.50. The number of hydrazone groups is 1. The number of hydrogen-bond donors (Lipinski definition) is 1. The van der Waals surface area contributed by atoms with Crippen molar-refractivity contribution < 1.29 is 4.79 Å². The summed E-state index contributed by atoms with van der Waals surface area (Å²) in [6, 6.07) is 15.3. The molecular weight excluding hydrogens is 288 g/mol. The number of hydrogen-bond acceptors (Lipinski definition) is 4. The second kappa shape index (κ2) is 7.98. The van der Waals surface area contributed by atoms with E-state index in [1.807, 2.05) is 62.4 Å². The van der Waals surface area contributed by atoms with Crippen LogP contribution in [0.1, 0.15) is 24.5 Å². The summed E-state index contributed by atoms with van der Waals surface area (Å²) in [6.45, 7) is 5.78. The maximum absolute atomic E-state index is 11.9. The Balaban J connectivity index is 2.15. The molecule has 0 fully saturated rings. The smallest absolute Gasteiger partial charge is 0.236 e. The van der Waals surface area contributed by atoms with E-state index in [2.05, 4.69) is 20.8 Å². The van der Waals surface area contributed by atoms with Gasteiger partial charge in [-0.05, 0) is 38.1 Å². The molecule has 2 aromatic carbocycles. The molecule has 23 heavy (non-hydrogen) atoms. The molecule has 0 aliphatic carbocycles. The number of nitrogens with zero attached hydrogens (tertiary/aromatic N) is 3. The molecule has 0 amide bonds. The first kappa shape index (κ1) is 16.5. The summed E-state index contributed by atoms with van der Waals surface area (Å²) in [5, 5.41) is 12.2. The normalized spacial score (nSPS) is 11.7. The van der Waals surface area contributed by atoms with Crippen LogP contribution in [-0.2, 0) is 4.79 Å². The maximum Gasteiger partial charge on any atom is 0.236 e. The molecular formula is C18H20N4O. The zero-order valence-corrected chi connectivity index (χ0v) is 13.6. The average molecular weight is 308 g/mol.